The van der Waals surface area contributed by atoms with Crippen molar-refractivity contribution >= 4 is 17.9 Å². The maximum absolute atomic E-state index is 14.4. The fraction of sp³-hybridized carbons (Fsp3) is 0.531. The SMILES string of the molecule is CCCCNC(=O)C(c1cc(C)cc(C)c1)N(C(=O)C(Cc1ccccc1)NC(=O)OC(C)(C)C)C(C)CC. The predicted molar refractivity (Wildman–Crippen MR) is 156 cm³/mol. The van der Waals surface area contributed by atoms with Gasteiger partial charge in [0.05, 0.1) is 0 Å². The van der Waals surface area contributed by atoms with E-state index in [9.17, 15) is 14.4 Å². The number of ether oxygens (including phenoxy) is 1. The van der Waals surface area contributed by atoms with E-state index in [2.05, 4.69) is 17.6 Å². The number of rotatable bonds is 12. The summed E-state index contributed by atoms with van der Waals surface area (Å²) >= 11 is 0. The minimum Gasteiger partial charge on any atom is -0.444 e. The molecule has 7 nitrogen and oxygen atoms in total. The van der Waals surface area contributed by atoms with Crippen molar-refractivity contribution in [2.24, 2.45) is 0 Å². The molecule has 2 aromatic carbocycles. The number of amides is 3. The summed E-state index contributed by atoms with van der Waals surface area (Å²) in [5.74, 6) is -0.549. The molecule has 2 aromatic rings. The summed E-state index contributed by atoms with van der Waals surface area (Å²) in [6.07, 6.45) is 2.03. The lowest BCUT2D eigenvalue weighted by molar-refractivity contribution is -0.145. The van der Waals surface area contributed by atoms with Gasteiger partial charge in [-0.3, -0.25) is 9.59 Å². The van der Waals surface area contributed by atoms with E-state index in [4.69, 9.17) is 4.74 Å². The van der Waals surface area contributed by atoms with Crippen LogP contribution in [0.25, 0.3) is 0 Å². The van der Waals surface area contributed by atoms with Crippen molar-refractivity contribution < 1.29 is 19.1 Å². The highest BCUT2D eigenvalue weighted by Gasteiger charge is 2.38. The maximum Gasteiger partial charge on any atom is 0.408 e. The second-order valence-electron chi connectivity index (χ2n) is 11.4. The quantitative estimate of drug-likeness (QED) is 0.324. The molecule has 0 aliphatic heterocycles. The molecule has 0 heterocycles. The Balaban J connectivity index is 2.59. The molecule has 0 aromatic heterocycles. The van der Waals surface area contributed by atoms with Crippen LogP contribution < -0.4 is 10.6 Å². The fourth-order valence-corrected chi connectivity index (χ4v) is 4.57. The van der Waals surface area contributed by atoms with E-state index in [0.29, 0.717) is 13.0 Å². The van der Waals surface area contributed by atoms with Gasteiger partial charge in [-0.2, -0.15) is 0 Å². The zero-order chi connectivity index (χ0) is 29.2. The Labute approximate surface area is 234 Å². The Morgan fingerprint density at radius 2 is 1.59 bits per heavy atom. The van der Waals surface area contributed by atoms with Gasteiger partial charge in [0.15, 0.2) is 0 Å². The number of carbonyl (C=O) groups is 3. The normalized spacial score (nSPS) is 13.6. The first-order valence-electron chi connectivity index (χ1n) is 14.1. The van der Waals surface area contributed by atoms with Crippen LogP contribution in [0.3, 0.4) is 0 Å². The number of hydrogen-bond donors (Lipinski definition) is 2. The van der Waals surface area contributed by atoms with Crippen molar-refractivity contribution in [1.29, 1.82) is 0 Å². The van der Waals surface area contributed by atoms with E-state index < -0.39 is 23.8 Å². The average Bonchev–Trinajstić information content (AvgIpc) is 2.85. The molecule has 2 rings (SSSR count). The van der Waals surface area contributed by atoms with E-state index in [0.717, 1.165) is 35.1 Å². The van der Waals surface area contributed by atoms with Crippen LogP contribution in [0.1, 0.15) is 89.1 Å². The molecular weight excluding hydrogens is 490 g/mol. The van der Waals surface area contributed by atoms with Gasteiger partial charge in [-0.1, -0.05) is 79.9 Å². The number of nitrogens with zero attached hydrogens (tertiary/aromatic N) is 1. The van der Waals surface area contributed by atoms with Gasteiger partial charge in [0.25, 0.3) is 0 Å². The summed E-state index contributed by atoms with van der Waals surface area (Å²) < 4.78 is 5.51. The Kier molecular flexibility index (Phi) is 12.0. The maximum atomic E-state index is 14.4. The smallest absolute Gasteiger partial charge is 0.408 e. The Morgan fingerprint density at radius 1 is 0.974 bits per heavy atom. The van der Waals surface area contributed by atoms with Crippen LogP contribution in [0.15, 0.2) is 48.5 Å². The van der Waals surface area contributed by atoms with Crippen LogP contribution in [0.4, 0.5) is 4.79 Å². The van der Waals surface area contributed by atoms with Crippen LogP contribution in [0.2, 0.25) is 0 Å². The number of aryl methyl sites for hydroxylation is 2. The van der Waals surface area contributed by atoms with Gasteiger partial charge in [-0.15, -0.1) is 0 Å². The number of alkyl carbamates (subject to hydrolysis) is 1. The van der Waals surface area contributed by atoms with E-state index in [1.807, 2.05) is 76.2 Å². The van der Waals surface area contributed by atoms with Gasteiger partial charge < -0.3 is 20.3 Å². The van der Waals surface area contributed by atoms with E-state index >= 15 is 0 Å². The third-order valence-electron chi connectivity index (χ3n) is 6.51. The molecule has 0 bridgehead atoms. The summed E-state index contributed by atoms with van der Waals surface area (Å²) in [5, 5.41) is 5.87. The summed E-state index contributed by atoms with van der Waals surface area (Å²) in [4.78, 5) is 42.8. The van der Waals surface area contributed by atoms with Crippen LogP contribution in [0, 0.1) is 13.8 Å². The van der Waals surface area contributed by atoms with Crippen molar-refractivity contribution in [3.63, 3.8) is 0 Å². The van der Waals surface area contributed by atoms with E-state index in [1.54, 1.807) is 25.7 Å². The van der Waals surface area contributed by atoms with Crippen molar-refractivity contribution in [2.45, 2.75) is 105 Å². The minimum atomic E-state index is -0.923. The van der Waals surface area contributed by atoms with Gasteiger partial charge >= 0.3 is 6.09 Å². The van der Waals surface area contributed by atoms with Crippen LogP contribution >= 0.6 is 0 Å². The third kappa shape index (κ3) is 10.0. The van der Waals surface area contributed by atoms with Crippen LogP contribution in [-0.4, -0.2) is 47.0 Å². The number of unbranched alkanes of at least 4 members (excludes halogenated alkanes) is 1. The molecular formula is C32H47N3O4. The van der Waals surface area contributed by atoms with E-state index in [-0.39, 0.29) is 24.3 Å². The third-order valence-corrected chi connectivity index (χ3v) is 6.51. The molecule has 39 heavy (non-hydrogen) atoms. The lowest BCUT2D eigenvalue weighted by Crippen LogP contribution is -2.56. The van der Waals surface area contributed by atoms with Gasteiger partial charge in [-0.25, -0.2) is 4.79 Å². The standard InChI is InChI=1S/C32H47N3O4/c1-9-11-17-33-29(36)28(26-19-22(3)18-23(4)20-26)35(24(5)10-2)30(37)27(21-25-15-13-12-14-16-25)34-31(38)39-32(6,7)8/h12-16,18-20,24,27-28H,9-11,17,21H2,1-8H3,(H,33,36)(H,34,38). The zero-order valence-electron chi connectivity index (χ0n) is 25.0. The first kappa shape index (κ1) is 31.9. The van der Waals surface area contributed by atoms with Crippen molar-refractivity contribution in [1.82, 2.24) is 15.5 Å². The summed E-state index contributed by atoms with van der Waals surface area (Å²) in [6, 6.07) is 13.5. The Hall–Kier alpha value is -3.35. The number of benzene rings is 2. The Bertz CT molecular complexity index is 1070. The second kappa shape index (κ2) is 14.7. The van der Waals surface area contributed by atoms with Gasteiger partial charge in [0, 0.05) is 19.0 Å². The molecule has 3 amide bonds. The van der Waals surface area contributed by atoms with Crippen LogP contribution in [0.5, 0.6) is 0 Å². The van der Waals surface area contributed by atoms with Gasteiger partial charge in [0.1, 0.15) is 17.7 Å². The average molecular weight is 538 g/mol. The lowest BCUT2D eigenvalue weighted by Gasteiger charge is -2.38. The molecule has 214 valence electrons. The summed E-state index contributed by atoms with van der Waals surface area (Å²) in [5.41, 5.74) is 2.96. The highest BCUT2D eigenvalue weighted by atomic mass is 16.6. The molecule has 7 heteroatoms. The first-order chi connectivity index (χ1) is 18.4. The molecule has 2 N–H and O–H groups in total. The predicted octanol–water partition coefficient (Wildman–Crippen LogP) is 6.02. The van der Waals surface area contributed by atoms with Crippen molar-refractivity contribution in [3.05, 3.63) is 70.8 Å². The van der Waals surface area contributed by atoms with Crippen molar-refractivity contribution in [2.75, 3.05) is 6.54 Å². The monoisotopic (exact) mass is 537 g/mol. The lowest BCUT2D eigenvalue weighted by atomic mass is 9.95. The molecule has 0 aliphatic rings. The van der Waals surface area contributed by atoms with Crippen molar-refractivity contribution in [3.8, 4) is 0 Å². The van der Waals surface area contributed by atoms with Gasteiger partial charge in [0.2, 0.25) is 11.8 Å². The Morgan fingerprint density at radius 3 is 2.13 bits per heavy atom. The largest absolute Gasteiger partial charge is 0.444 e. The number of carbonyl (C=O) groups excluding carboxylic acids is 3. The molecule has 0 saturated carbocycles. The molecule has 0 fully saturated rings. The minimum absolute atomic E-state index is 0.224. The second-order valence-corrected chi connectivity index (χ2v) is 11.4. The molecule has 0 radical (unpaired) electrons. The molecule has 0 spiro atoms. The first-order valence-corrected chi connectivity index (χ1v) is 14.1. The fourth-order valence-electron chi connectivity index (χ4n) is 4.57. The summed E-state index contributed by atoms with van der Waals surface area (Å²) in [6.45, 7) is 15.8. The van der Waals surface area contributed by atoms with E-state index in [1.165, 1.54) is 0 Å². The zero-order valence-corrected chi connectivity index (χ0v) is 25.0. The highest BCUT2D eigenvalue weighted by molar-refractivity contribution is 5.92. The van der Waals surface area contributed by atoms with Crippen LogP contribution in [-0.2, 0) is 20.7 Å². The number of hydrogen-bond acceptors (Lipinski definition) is 4. The highest BCUT2D eigenvalue weighted by Crippen LogP contribution is 2.28. The topological polar surface area (TPSA) is 87.7 Å². The summed E-state index contributed by atoms with van der Waals surface area (Å²) in [7, 11) is 0. The molecule has 0 aliphatic carbocycles. The molecule has 3 atom stereocenters. The number of nitrogens with one attached hydrogen (secondary N) is 2. The molecule has 0 saturated heterocycles. The van der Waals surface area contributed by atoms with Gasteiger partial charge in [-0.05, 0) is 65.5 Å². The molecule has 3 unspecified atom stereocenters.